The second-order valence-electron chi connectivity index (χ2n) is 2.78. The van der Waals surface area contributed by atoms with E-state index in [1.807, 2.05) is 6.08 Å². The van der Waals surface area contributed by atoms with Gasteiger partial charge in [-0.25, -0.2) is 4.39 Å². The van der Waals surface area contributed by atoms with Gasteiger partial charge in [-0.15, -0.1) is 0 Å². The summed E-state index contributed by atoms with van der Waals surface area (Å²) in [7, 11) is 0. The van der Waals surface area contributed by atoms with Crippen LogP contribution in [-0.2, 0) is 0 Å². The Morgan fingerprint density at radius 3 is 2.86 bits per heavy atom. The Morgan fingerprint density at radius 1 is 1.43 bits per heavy atom. The van der Waals surface area contributed by atoms with Crippen molar-refractivity contribution < 1.29 is 9.18 Å². The molecule has 1 nitrogen and oxygen atoms in total. The first-order chi connectivity index (χ1) is 6.79. The fraction of sp³-hybridized carbons (Fsp3) is 0.182. The Hall–Kier alpha value is -1.09. The topological polar surface area (TPSA) is 17.1 Å². The average molecular weight is 210 g/mol. The number of benzene rings is 1. The molecular formula is C11H11FOS. The summed E-state index contributed by atoms with van der Waals surface area (Å²) >= 11 is 4.04. The number of hydrogen-bond acceptors (Lipinski definition) is 2. The predicted octanol–water partition coefficient (Wildman–Crippen LogP) is 2.97. The van der Waals surface area contributed by atoms with E-state index in [0.717, 1.165) is 12.2 Å². The third kappa shape index (κ3) is 2.70. The molecule has 0 atom stereocenters. The number of carbonyl (C=O) groups excluding carboxylic acids is 1. The second-order valence-corrected chi connectivity index (χ2v) is 3.22. The van der Waals surface area contributed by atoms with Crippen molar-refractivity contribution in [2.75, 3.05) is 5.75 Å². The average Bonchev–Trinajstić information content (AvgIpc) is 2.18. The summed E-state index contributed by atoms with van der Waals surface area (Å²) < 4.78 is 13.1. The maximum absolute atomic E-state index is 13.1. The Balaban J connectivity index is 2.96. The van der Waals surface area contributed by atoms with Gasteiger partial charge in [0.25, 0.3) is 0 Å². The third-order valence-electron chi connectivity index (χ3n) is 1.80. The zero-order chi connectivity index (χ0) is 10.4. The van der Waals surface area contributed by atoms with E-state index >= 15 is 0 Å². The normalized spacial score (nSPS) is 10.7. The van der Waals surface area contributed by atoms with E-state index in [9.17, 15) is 9.18 Å². The van der Waals surface area contributed by atoms with Crippen LogP contribution >= 0.6 is 12.6 Å². The standard InChI is InChI=1S/C11H11FOS/c12-11-6-3-5-9(10(11)8-13)4-1-2-7-14/h1,3-6,8,14H,2,7H2. The van der Waals surface area contributed by atoms with Crippen LogP contribution in [0.2, 0.25) is 0 Å². The first-order valence-corrected chi connectivity index (χ1v) is 4.94. The van der Waals surface area contributed by atoms with Gasteiger partial charge in [-0.1, -0.05) is 24.3 Å². The maximum Gasteiger partial charge on any atom is 0.153 e. The van der Waals surface area contributed by atoms with Crippen LogP contribution in [0.3, 0.4) is 0 Å². The monoisotopic (exact) mass is 210 g/mol. The minimum atomic E-state index is -0.479. The Morgan fingerprint density at radius 2 is 2.21 bits per heavy atom. The lowest BCUT2D eigenvalue weighted by Crippen LogP contribution is -1.91. The minimum absolute atomic E-state index is 0.114. The number of aldehydes is 1. The molecule has 0 aliphatic carbocycles. The summed E-state index contributed by atoms with van der Waals surface area (Å²) in [6.07, 6.45) is 4.95. The number of hydrogen-bond donors (Lipinski definition) is 1. The maximum atomic E-state index is 13.1. The van der Waals surface area contributed by atoms with Crippen LogP contribution in [0.5, 0.6) is 0 Å². The van der Waals surface area contributed by atoms with Crippen LogP contribution in [0.15, 0.2) is 24.3 Å². The second kappa shape index (κ2) is 5.60. The molecule has 1 aromatic rings. The molecule has 0 radical (unpaired) electrons. The van der Waals surface area contributed by atoms with Crippen molar-refractivity contribution in [2.24, 2.45) is 0 Å². The van der Waals surface area contributed by atoms with E-state index in [-0.39, 0.29) is 5.56 Å². The van der Waals surface area contributed by atoms with E-state index in [4.69, 9.17) is 0 Å². The minimum Gasteiger partial charge on any atom is -0.298 e. The van der Waals surface area contributed by atoms with Crippen LogP contribution in [0.25, 0.3) is 6.08 Å². The van der Waals surface area contributed by atoms with E-state index in [1.165, 1.54) is 6.07 Å². The fourth-order valence-electron chi connectivity index (χ4n) is 1.11. The van der Waals surface area contributed by atoms with Crippen molar-refractivity contribution >= 4 is 25.0 Å². The van der Waals surface area contributed by atoms with Gasteiger partial charge in [0.2, 0.25) is 0 Å². The fourth-order valence-corrected chi connectivity index (χ4v) is 1.26. The molecule has 0 amide bonds. The van der Waals surface area contributed by atoms with Gasteiger partial charge < -0.3 is 0 Å². The Kier molecular flexibility index (Phi) is 4.40. The van der Waals surface area contributed by atoms with Crippen LogP contribution in [-0.4, -0.2) is 12.0 Å². The van der Waals surface area contributed by atoms with Gasteiger partial charge in [0, 0.05) is 0 Å². The van der Waals surface area contributed by atoms with Gasteiger partial charge >= 0.3 is 0 Å². The molecule has 0 N–H and O–H groups in total. The summed E-state index contributed by atoms with van der Waals surface area (Å²) in [5.41, 5.74) is 0.727. The molecule has 0 unspecified atom stereocenters. The van der Waals surface area contributed by atoms with Crippen molar-refractivity contribution in [3.63, 3.8) is 0 Å². The molecule has 0 fully saturated rings. The lowest BCUT2D eigenvalue weighted by atomic mass is 10.1. The Labute approximate surface area is 88.0 Å². The Bertz CT molecular complexity index is 347. The molecule has 1 aromatic carbocycles. The molecule has 0 saturated heterocycles. The lowest BCUT2D eigenvalue weighted by Gasteiger charge is -1.99. The van der Waals surface area contributed by atoms with Crippen LogP contribution in [0, 0.1) is 5.82 Å². The van der Waals surface area contributed by atoms with Crippen LogP contribution in [0.4, 0.5) is 4.39 Å². The highest BCUT2D eigenvalue weighted by molar-refractivity contribution is 7.80. The van der Waals surface area contributed by atoms with Crippen LogP contribution in [0.1, 0.15) is 22.3 Å². The summed E-state index contributed by atoms with van der Waals surface area (Å²) in [6.45, 7) is 0. The van der Waals surface area contributed by atoms with Gasteiger partial charge in [-0.2, -0.15) is 12.6 Å². The lowest BCUT2D eigenvalue weighted by molar-refractivity contribution is 0.111. The molecule has 0 aliphatic heterocycles. The van der Waals surface area contributed by atoms with E-state index in [1.54, 1.807) is 18.2 Å². The first-order valence-electron chi connectivity index (χ1n) is 4.30. The number of thiol groups is 1. The van der Waals surface area contributed by atoms with E-state index in [2.05, 4.69) is 12.6 Å². The van der Waals surface area contributed by atoms with Gasteiger partial charge in [0.05, 0.1) is 5.56 Å². The molecule has 3 heteroatoms. The molecule has 74 valence electrons. The molecule has 0 spiro atoms. The van der Waals surface area contributed by atoms with E-state index < -0.39 is 5.82 Å². The van der Waals surface area contributed by atoms with Crippen LogP contribution < -0.4 is 0 Å². The first kappa shape index (κ1) is 11.0. The highest BCUT2D eigenvalue weighted by Gasteiger charge is 2.03. The molecule has 0 heterocycles. The number of carbonyl (C=O) groups is 1. The molecule has 0 saturated carbocycles. The van der Waals surface area contributed by atoms with Crippen molar-refractivity contribution in [1.29, 1.82) is 0 Å². The van der Waals surface area contributed by atoms with Gasteiger partial charge in [-0.05, 0) is 23.8 Å². The molecule has 0 aliphatic rings. The quantitative estimate of drug-likeness (QED) is 0.597. The smallest absolute Gasteiger partial charge is 0.153 e. The number of halogens is 1. The summed E-state index contributed by atoms with van der Waals surface area (Å²) in [6, 6.07) is 4.57. The summed E-state index contributed by atoms with van der Waals surface area (Å²) in [5, 5.41) is 0. The largest absolute Gasteiger partial charge is 0.298 e. The van der Waals surface area contributed by atoms with Gasteiger partial charge in [-0.3, -0.25) is 4.79 Å². The zero-order valence-corrected chi connectivity index (χ0v) is 8.51. The van der Waals surface area contributed by atoms with Gasteiger partial charge in [0.1, 0.15) is 5.82 Å². The van der Waals surface area contributed by atoms with Crippen molar-refractivity contribution in [3.8, 4) is 0 Å². The molecule has 0 bridgehead atoms. The SMILES string of the molecule is O=Cc1c(F)cccc1C=CCCS. The summed E-state index contributed by atoms with van der Waals surface area (Å²) in [5.74, 6) is 0.260. The van der Waals surface area contributed by atoms with Crippen molar-refractivity contribution in [1.82, 2.24) is 0 Å². The highest BCUT2D eigenvalue weighted by Crippen LogP contribution is 2.13. The molecule has 1 rings (SSSR count). The van der Waals surface area contributed by atoms with Crippen molar-refractivity contribution in [2.45, 2.75) is 6.42 Å². The molecular weight excluding hydrogens is 199 g/mol. The molecule has 0 aromatic heterocycles. The third-order valence-corrected chi connectivity index (χ3v) is 2.06. The predicted molar refractivity (Wildman–Crippen MR) is 59.3 cm³/mol. The molecule has 14 heavy (non-hydrogen) atoms. The zero-order valence-electron chi connectivity index (χ0n) is 7.61. The van der Waals surface area contributed by atoms with E-state index in [0.29, 0.717) is 11.8 Å². The number of allylic oxidation sites excluding steroid dienone is 1. The highest BCUT2D eigenvalue weighted by atomic mass is 32.1. The van der Waals surface area contributed by atoms with Gasteiger partial charge in [0.15, 0.2) is 6.29 Å². The van der Waals surface area contributed by atoms with Crippen molar-refractivity contribution in [3.05, 3.63) is 41.2 Å². The summed E-state index contributed by atoms with van der Waals surface area (Å²) in [4.78, 5) is 10.6. The number of rotatable bonds is 4.